The Bertz CT molecular complexity index is 1450. The van der Waals surface area contributed by atoms with Crippen LogP contribution in [0.4, 0.5) is 0 Å². The van der Waals surface area contributed by atoms with Crippen LogP contribution in [-0.4, -0.2) is 27.3 Å². The van der Waals surface area contributed by atoms with Crippen LogP contribution in [0.2, 0.25) is 0 Å². The highest BCUT2D eigenvalue weighted by Gasteiger charge is 2.03. The number of nitrogens with zero attached hydrogens (tertiary/aromatic N) is 2. The highest BCUT2D eigenvalue weighted by molar-refractivity contribution is 5.83. The van der Waals surface area contributed by atoms with Crippen molar-refractivity contribution >= 4 is 35.2 Å². The molecule has 5 rings (SSSR count). The van der Waals surface area contributed by atoms with Gasteiger partial charge >= 0.3 is 0 Å². The summed E-state index contributed by atoms with van der Waals surface area (Å²) in [6, 6.07) is 21.9. The van der Waals surface area contributed by atoms with Gasteiger partial charge in [0.25, 0.3) is 0 Å². The van der Waals surface area contributed by atoms with E-state index in [4.69, 9.17) is 9.47 Å². The van der Waals surface area contributed by atoms with E-state index in [2.05, 4.69) is 50.5 Å². The van der Waals surface area contributed by atoms with Crippen molar-refractivity contribution in [1.82, 2.24) is 20.2 Å². The Morgan fingerprint density at radius 1 is 0.853 bits per heavy atom. The first-order valence-corrected chi connectivity index (χ1v) is 11.0. The molecule has 168 valence electrons. The van der Waals surface area contributed by atoms with Gasteiger partial charge in [-0.15, -0.1) is 0 Å². The molecule has 0 aliphatic carbocycles. The van der Waals surface area contributed by atoms with Gasteiger partial charge in [-0.2, -0.15) is 5.10 Å². The van der Waals surface area contributed by atoms with Gasteiger partial charge in [0, 0.05) is 24.0 Å². The molecule has 3 heterocycles. The first-order valence-electron chi connectivity index (χ1n) is 11.0. The zero-order chi connectivity index (χ0) is 23.2. The lowest BCUT2D eigenvalue weighted by atomic mass is 10.1. The highest BCUT2D eigenvalue weighted by Crippen LogP contribution is 2.25. The van der Waals surface area contributed by atoms with E-state index < -0.39 is 0 Å². The van der Waals surface area contributed by atoms with Crippen LogP contribution in [-0.2, 0) is 6.61 Å². The average Bonchev–Trinajstić information content (AvgIpc) is 3.54. The number of nitrogens with one attached hydrogen (secondary N) is 2. The number of H-pyrrole nitrogens is 2. The maximum Gasteiger partial charge on any atom is 0.130 e. The normalized spacial score (nSPS) is 11.6. The van der Waals surface area contributed by atoms with Crippen molar-refractivity contribution in [2.75, 3.05) is 7.11 Å². The van der Waals surface area contributed by atoms with Crippen molar-refractivity contribution in [3.8, 4) is 11.5 Å². The Hall–Kier alpha value is -4.58. The van der Waals surface area contributed by atoms with E-state index in [-0.39, 0.29) is 0 Å². The third kappa shape index (κ3) is 5.24. The van der Waals surface area contributed by atoms with Crippen LogP contribution in [0.25, 0.3) is 35.2 Å². The van der Waals surface area contributed by atoms with Crippen LogP contribution in [0.5, 0.6) is 11.5 Å². The van der Waals surface area contributed by atoms with E-state index in [9.17, 15) is 0 Å². The summed E-state index contributed by atoms with van der Waals surface area (Å²) in [7, 11) is 1.65. The van der Waals surface area contributed by atoms with Crippen LogP contribution < -0.4 is 9.47 Å². The smallest absolute Gasteiger partial charge is 0.130 e. The summed E-state index contributed by atoms with van der Waals surface area (Å²) >= 11 is 0. The molecule has 0 amide bonds. The molecule has 0 fully saturated rings. The average molecular weight is 449 g/mol. The summed E-state index contributed by atoms with van der Waals surface area (Å²) in [5, 5.41) is 8.65. The van der Waals surface area contributed by atoms with Gasteiger partial charge in [-0.1, -0.05) is 30.4 Å². The fourth-order valence-electron chi connectivity index (χ4n) is 3.59. The van der Waals surface area contributed by atoms with Gasteiger partial charge in [-0.3, -0.25) is 10.1 Å². The zero-order valence-electron chi connectivity index (χ0n) is 18.7. The molecule has 0 saturated heterocycles. The predicted octanol–water partition coefficient (Wildman–Crippen LogP) is 6.21. The minimum atomic E-state index is 0.393. The molecule has 6 heteroatoms. The van der Waals surface area contributed by atoms with E-state index >= 15 is 0 Å². The van der Waals surface area contributed by atoms with Crippen molar-refractivity contribution in [2.24, 2.45) is 0 Å². The number of pyridine rings is 1. The summed E-state index contributed by atoms with van der Waals surface area (Å²) in [5.41, 5.74) is 5.82. The second-order valence-corrected chi connectivity index (χ2v) is 7.79. The standard InChI is InChI=1S/C28H24N4O2/c1-33-26-14-21(15-27(18-26)34-19-25-4-2-3-12-29-25)7-10-24-17-23(31-32-24)9-6-20-5-8-22-11-13-30-28(22)16-20/h2-18,30H,19H2,1H3,(H,31,32)/b9-6+,10-7+. The first kappa shape index (κ1) is 21.3. The molecule has 34 heavy (non-hydrogen) atoms. The number of methoxy groups -OCH3 is 1. The van der Waals surface area contributed by atoms with Crippen LogP contribution in [0.15, 0.2) is 79.1 Å². The molecule has 0 radical (unpaired) electrons. The molecule has 2 aromatic carbocycles. The molecular weight excluding hydrogens is 424 g/mol. The second kappa shape index (κ2) is 9.92. The number of hydrogen-bond donors (Lipinski definition) is 2. The van der Waals surface area contributed by atoms with Crippen molar-refractivity contribution < 1.29 is 9.47 Å². The largest absolute Gasteiger partial charge is 0.497 e. The van der Waals surface area contributed by atoms with Gasteiger partial charge in [0.15, 0.2) is 0 Å². The fraction of sp³-hybridized carbons (Fsp3) is 0.0714. The molecular formula is C28H24N4O2. The van der Waals surface area contributed by atoms with E-state index in [1.54, 1.807) is 13.3 Å². The summed E-state index contributed by atoms with van der Waals surface area (Å²) in [6.45, 7) is 0.393. The quantitative estimate of drug-likeness (QED) is 0.296. The summed E-state index contributed by atoms with van der Waals surface area (Å²) in [6.07, 6.45) is 11.7. The molecule has 6 nitrogen and oxygen atoms in total. The van der Waals surface area contributed by atoms with Gasteiger partial charge in [0.1, 0.15) is 18.1 Å². The Kier molecular flexibility index (Phi) is 6.21. The molecule has 3 aromatic heterocycles. The number of rotatable bonds is 8. The van der Waals surface area contributed by atoms with Gasteiger partial charge in [0.05, 0.1) is 24.2 Å². The van der Waals surface area contributed by atoms with Crippen LogP contribution >= 0.6 is 0 Å². The monoisotopic (exact) mass is 448 g/mol. The second-order valence-electron chi connectivity index (χ2n) is 7.79. The summed E-state index contributed by atoms with van der Waals surface area (Å²) in [4.78, 5) is 7.53. The van der Waals surface area contributed by atoms with Crippen LogP contribution in [0.1, 0.15) is 28.2 Å². The minimum Gasteiger partial charge on any atom is -0.497 e. The van der Waals surface area contributed by atoms with Crippen molar-refractivity contribution in [3.05, 3.63) is 107 Å². The fourth-order valence-corrected chi connectivity index (χ4v) is 3.59. The Morgan fingerprint density at radius 2 is 1.76 bits per heavy atom. The first-order chi connectivity index (χ1) is 16.7. The molecule has 0 atom stereocenters. The lowest BCUT2D eigenvalue weighted by Crippen LogP contribution is -1.98. The van der Waals surface area contributed by atoms with E-state index in [0.717, 1.165) is 45.2 Å². The molecule has 0 spiro atoms. The lowest BCUT2D eigenvalue weighted by Gasteiger charge is -2.09. The predicted molar refractivity (Wildman–Crippen MR) is 136 cm³/mol. The number of aromatic nitrogens is 4. The number of fused-ring (bicyclic) bond motifs is 1. The lowest BCUT2D eigenvalue weighted by molar-refractivity contribution is 0.299. The Morgan fingerprint density at radius 3 is 2.65 bits per heavy atom. The van der Waals surface area contributed by atoms with Gasteiger partial charge < -0.3 is 14.5 Å². The van der Waals surface area contributed by atoms with Gasteiger partial charge in [-0.25, -0.2) is 0 Å². The van der Waals surface area contributed by atoms with Crippen LogP contribution in [0, 0.1) is 0 Å². The van der Waals surface area contributed by atoms with E-state index in [0.29, 0.717) is 6.61 Å². The molecule has 0 unspecified atom stereocenters. The topological polar surface area (TPSA) is 75.8 Å². The third-order valence-corrected chi connectivity index (χ3v) is 5.35. The van der Waals surface area contributed by atoms with E-state index in [1.165, 1.54) is 5.39 Å². The molecule has 0 bridgehead atoms. The summed E-state index contributed by atoms with van der Waals surface area (Å²) < 4.78 is 11.4. The van der Waals surface area contributed by atoms with Gasteiger partial charge in [0.2, 0.25) is 0 Å². The molecule has 2 N–H and O–H groups in total. The van der Waals surface area contributed by atoms with Crippen LogP contribution in [0.3, 0.4) is 0 Å². The van der Waals surface area contributed by atoms with Crippen molar-refractivity contribution in [2.45, 2.75) is 6.61 Å². The van der Waals surface area contributed by atoms with E-state index in [1.807, 2.05) is 66.9 Å². The third-order valence-electron chi connectivity index (χ3n) is 5.35. The number of aromatic amines is 2. The molecule has 0 aliphatic heterocycles. The number of hydrogen-bond acceptors (Lipinski definition) is 4. The molecule has 0 aliphatic rings. The number of ether oxygens (including phenoxy) is 2. The van der Waals surface area contributed by atoms with Crippen molar-refractivity contribution in [3.63, 3.8) is 0 Å². The maximum absolute atomic E-state index is 5.92. The van der Waals surface area contributed by atoms with Gasteiger partial charge in [-0.05, 0) is 71.1 Å². The van der Waals surface area contributed by atoms with Crippen molar-refractivity contribution in [1.29, 1.82) is 0 Å². The SMILES string of the molecule is COc1cc(/C=C/c2cc(/C=C/c3ccc4cc[nH]c4c3)n[nH]2)cc(OCc2ccccn2)c1. The Labute approximate surface area is 197 Å². The highest BCUT2D eigenvalue weighted by atomic mass is 16.5. The molecule has 5 aromatic rings. The minimum absolute atomic E-state index is 0.393. The number of benzene rings is 2. The molecule has 0 saturated carbocycles. The maximum atomic E-state index is 5.92. The Balaban J connectivity index is 1.27. The zero-order valence-corrected chi connectivity index (χ0v) is 18.7. The summed E-state index contributed by atoms with van der Waals surface area (Å²) in [5.74, 6) is 1.45.